The van der Waals surface area contributed by atoms with Crippen LogP contribution in [0.3, 0.4) is 0 Å². The molecular weight excluding hydrogens is 432 g/mol. The van der Waals surface area contributed by atoms with E-state index in [1.54, 1.807) is 0 Å². The molecule has 2 aromatic rings. The number of benzene rings is 2. The lowest BCUT2D eigenvalue weighted by atomic mass is 9.83. The third-order valence-electron chi connectivity index (χ3n) is 5.59. The minimum atomic E-state index is -0.798. The number of aromatic hydroxyl groups is 2. The maximum atomic E-state index is 10.6. The summed E-state index contributed by atoms with van der Waals surface area (Å²) in [5.74, 6) is -0.964. The van der Waals surface area contributed by atoms with E-state index in [2.05, 4.69) is 0 Å². The summed E-state index contributed by atoms with van der Waals surface area (Å²) in [7, 11) is 0. The zero-order valence-electron chi connectivity index (χ0n) is 21.7. The van der Waals surface area contributed by atoms with Gasteiger partial charge in [0.25, 0.3) is 0 Å². The summed E-state index contributed by atoms with van der Waals surface area (Å²) in [6.45, 7) is 15.9. The number of rotatable bonds is 6. The Morgan fingerprint density at radius 1 is 0.647 bits per heavy atom. The van der Waals surface area contributed by atoms with Gasteiger partial charge >= 0.3 is 11.9 Å². The number of carboxylic acid groups (broad SMARTS) is 2. The van der Waals surface area contributed by atoms with E-state index in [0.29, 0.717) is 24.3 Å². The molecule has 2 aromatic carbocycles. The molecule has 0 bridgehead atoms. The molecule has 188 valence electrons. The van der Waals surface area contributed by atoms with Crippen molar-refractivity contribution in [2.24, 2.45) is 0 Å². The van der Waals surface area contributed by atoms with Crippen LogP contribution in [0.2, 0.25) is 0 Å². The first-order valence-corrected chi connectivity index (χ1v) is 11.5. The lowest BCUT2D eigenvalue weighted by molar-refractivity contribution is -0.138. The monoisotopic (exact) mass is 472 g/mol. The second kappa shape index (κ2) is 11.4. The van der Waals surface area contributed by atoms with Crippen molar-refractivity contribution in [3.05, 3.63) is 57.6 Å². The lowest BCUT2D eigenvalue weighted by Gasteiger charge is -2.22. The predicted octanol–water partition coefficient (Wildman–Crippen LogP) is 6.03. The highest BCUT2D eigenvalue weighted by atomic mass is 16.4. The van der Waals surface area contributed by atoms with E-state index in [4.69, 9.17) is 10.2 Å². The lowest BCUT2D eigenvalue weighted by Crippen LogP contribution is -2.12. The molecule has 0 saturated carbocycles. The van der Waals surface area contributed by atoms with Gasteiger partial charge in [-0.1, -0.05) is 65.8 Å². The minimum Gasteiger partial charge on any atom is -0.507 e. The number of hydrogen-bond donors (Lipinski definition) is 4. The molecule has 0 aliphatic heterocycles. The van der Waals surface area contributed by atoms with E-state index < -0.39 is 11.9 Å². The molecule has 0 radical (unpaired) electrons. The topological polar surface area (TPSA) is 115 Å². The van der Waals surface area contributed by atoms with E-state index in [-0.39, 0.29) is 23.7 Å². The Hall–Kier alpha value is -3.02. The summed E-state index contributed by atoms with van der Waals surface area (Å²) in [6.07, 6.45) is 1.24. The Labute approximate surface area is 203 Å². The SMILES string of the molecule is Cc1cc(CCC(=O)O)cc(C(C)(C)C)c1O.Cc1cc(CCC(=O)O)cc(C(C)(C)C)c1O. The Bertz CT molecular complexity index is 939. The summed E-state index contributed by atoms with van der Waals surface area (Å²) < 4.78 is 0. The Kier molecular flexibility index (Phi) is 9.73. The highest BCUT2D eigenvalue weighted by Crippen LogP contribution is 2.35. The van der Waals surface area contributed by atoms with Crippen molar-refractivity contribution >= 4 is 11.9 Å². The second-order valence-electron chi connectivity index (χ2n) is 10.9. The van der Waals surface area contributed by atoms with Gasteiger partial charge in [0.1, 0.15) is 11.5 Å². The number of carboxylic acids is 2. The molecule has 0 aliphatic rings. The van der Waals surface area contributed by atoms with Crippen molar-refractivity contribution < 1.29 is 30.0 Å². The van der Waals surface area contributed by atoms with Crippen molar-refractivity contribution in [2.45, 2.75) is 91.9 Å². The molecule has 34 heavy (non-hydrogen) atoms. The smallest absolute Gasteiger partial charge is 0.303 e. The summed E-state index contributed by atoms with van der Waals surface area (Å²) in [5, 5.41) is 37.4. The fraction of sp³-hybridized carbons (Fsp3) is 0.500. The van der Waals surface area contributed by atoms with Gasteiger partial charge in [0.15, 0.2) is 0 Å². The summed E-state index contributed by atoms with van der Waals surface area (Å²) in [6, 6.07) is 7.53. The van der Waals surface area contributed by atoms with Gasteiger partial charge in [0, 0.05) is 12.8 Å². The van der Waals surface area contributed by atoms with Crippen LogP contribution < -0.4 is 0 Å². The largest absolute Gasteiger partial charge is 0.507 e. The molecule has 0 aromatic heterocycles. The Morgan fingerprint density at radius 2 is 0.941 bits per heavy atom. The highest BCUT2D eigenvalue weighted by molar-refractivity contribution is 5.67. The quantitative estimate of drug-likeness (QED) is 0.408. The van der Waals surface area contributed by atoms with Crippen LogP contribution in [0.4, 0.5) is 0 Å². The van der Waals surface area contributed by atoms with Gasteiger partial charge in [-0.25, -0.2) is 0 Å². The van der Waals surface area contributed by atoms with Crippen LogP contribution in [-0.4, -0.2) is 32.4 Å². The van der Waals surface area contributed by atoms with E-state index in [0.717, 1.165) is 33.4 Å². The van der Waals surface area contributed by atoms with Crippen molar-refractivity contribution in [1.82, 2.24) is 0 Å². The van der Waals surface area contributed by atoms with Crippen molar-refractivity contribution in [3.63, 3.8) is 0 Å². The highest BCUT2D eigenvalue weighted by Gasteiger charge is 2.21. The molecule has 0 spiro atoms. The van der Waals surface area contributed by atoms with Crippen LogP contribution >= 0.6 is 0 Å². The standard InChI is InChI=1S/2C14H20O3/c2*1-9-7-10(5-6-12(15)16)8-11(13(9)17)14(2,3)4/h2*7-8,17H,5-6H2,1-4H3,(H,15,16). The van der Waals surface area contributed by atoms with Crippen LogP contribution in [0.15, 0.2) is 24.3 Å². The first kappa shape index (κ1) is 29.0. The maximum Gasteiger partial charge on any atom is 0.303 e. The van der Waals surface area contributed by atoms with Crippen LogP contribution in [0.5, 0.6) is 11.5 Å². The molecule has 6 nitrogen and oxygen atoms in total. The molecule has 0 atom stereocenters. The van der Waals surface area contributed by atoms with Crippen molar-refractivity contribution in [3.8, 4) is 11.5 Å². The first-order valence-electron chi connectivity index (χ1n) is 11.5. The molecule has 0 amide bonds. The Balaban J connectivity index is 0.000000340. The molecule has 0 heterocycles. The van der Waals surface area contributed by atoms with Gasteiger partial charge in [0.05, 0.1) is 0 Å². The molecule has 6 heteroatoms. The normalized spacial score (nSPS) is 11.5. The van der Waals surface area contributed by atoms with E-state index in [9.17, 15) is 19.8 Å². The van der Waals surface area contributed by atoms with E-state index >= 15 is 0 Å². The van der Waals surface area contributed by atoms with Crippen LogP contribution in [0.25, 0.3) is 0 Å². The summed E-state index contributed by atoms with van der Waals surface area (Å²) in [5.41, 5.74) is 4.99. The second-order valence-corrected chi connectivity index (χ2v) is 10.9. The van der Waals surface area contributed by atoms with Gasteiger partial charge in [-0.2, -0.15) is 0 Å². The van der Waals surface area contributed by atoms with Crippen LogP contribution in [0.1, 0.15) is 87.8 Å². The number of phenols is 2. The predicted molar refractivity (Wildman–Crippen MR) is 135 cm³/mol. The Morgan fingerprint density at radius 3 is 1.18 bits per heavy atom. The zero-order valence-corrected chi connectivity index (χ0v) is 21.7. The first-order chi connectivity index (χ1) is 15.4. The third-order valence-corrected chi connectivity index (χ3v) is 5.59. The fourth-order valence-electron chi connectivity index (χ4n) is 3.64. The van der Waals surface area contributed by atoms with Gasteiger partial charge in [-0.15, -0.1) is 0 Å². The zero-order chi connectivity index (χ0) is 26.4. The molecule has 0 unspecified atom stereocenters. The average Bonchev–Trinajstić information content (AvgIpc) is 2.68. The number of hydrogen-bond acceptors (Lipinski definition) is 4. The van der Waals surface area contributed by atoms with Crippen LogP contribution in [-0.2, 0) is 33.3 Å². The molecular formula is C28H40O6. The molecule has 0 fully saturated rings. The molecule has 0 aliphatic carbocycles. The van der Waals surface area contributed by atoms with Crippen molar-refractivity contribution in [2.75, 3.05) is 0 Å². The number of carbonyl (C=O) groups is 2. The van der Waals surface area contributed by atoms with E-state index in [1.807, 2.05) is 79.7 Å². The van der Waals surface area contributed by atoms with Gasteiger partial charge in [0.2, 0.25) is 0 Å². The number of aryl methyl sites for hydroxylation is 4. The summed E-state index contributed by atoms with van der Waals surface area (Å²) >= 11 is 0. The van der Waals surface area contributed by atoms with Gasteiger partial charge in [-0.05, 0) is 70.9 Å². The number of phenolic OH excluding ortho intramolecular Hbond substituents is 2. The summed E-state index contributed by atoms with van der Waals surface area (Å²) in [4.78, 5) is 21.1. The van der Waals surface area contributed by atoms with Gasteiger partial charge < -0.3 is 20.4 Å². The number of aliphatic carboxylic acids is 2. The fourth-order valence-corrected chi connectivity index (χ4v) is 3.64. The van der Waals surface area contributed by atoms with Gasteiger partial charge in [-0.3, -0.25) is 9.59 Å². The van der Waals surface area contributed by atoms with Crippen molar-refractivity contribution in [1.29, 1.82) is 0 Å². The van der Waals surface area contributed by atoms with Crippen LogP contribution in [0, 0.1) is 13.8 Å². The minimum absolute atomic E-state index is 0.119. The average molecular weight is 473 g/mol. The molecule has 2 rings (SSSR count). The maximum absolute atomic E-state index is 10.6. The third kappa shape index (κ3) is 8.73. The molecule has 4 N–H and O–H groups in total. The molecule has 0 saturated heterocycles. The van der Waals surface area contributed by atoms with E-state index in [1.165, 1.54) is 0 Å².